The van der Waals surface area contributed by atoms with Crippen molar-refractivity contribution < 1.29 is 26.7 Å². The predicted octanol–water partition coefficient (Wildman–Crippen LogP) is 2.87. The van der Waals surface area contributed by atoms with Crippen LogP contribution in [-0.4, -0.2) is 38.8 Å². The summed E-state index contributed by atoms with van der Waals surface area (Å²) in [7, 11) is 1.31. The number of hydrogen-bond acceptors (Lipinski definition) is 6. The minimum atomic E-state index is -4.78. The van der Waals surface area contributed by atoms with Gasteiger partial charge in [0.1, 0.15) is 11.5 Å². The molecule has 3 heterocycles. The molecule has 32 heavy (non-hydrogen) atoms. The number of aromatic nitrogens is 3. The number of guanidine groups is 1. The Bertz CT molecular complexity index is 1240. The molecule has 2 aromatic heterocycles. The van der Waals surface area contributed by atoms with Crippen molar-refractivity contribution >= 4 is 11.9 Å². The van der Waals surface area contributed by atoms with Crippen LogP contribution >= 0.6 is 0 Å². The molecule has 4 rings (SSSR count). The number of benzene rings is 1. The third-order valence-electron chi connectivity index (χ3n) is 5.02. The van der Waals surface area contributed by atoms with E-state index >= 15 is 0 Å². The fourth-order valence-corrected chi connectivity index (χ4v) is 3.42. The highest BCUT2D eigenvalue weighted by molar-refractivity contribution is 6.09. The molecule has 1 aliphatic heterocycles. The van der Waals surface area contributed by atoms with E-state index in [2.05, 4.69) is 19.9 Å². The molecule has 1 aromatic carbocycles. The topological polar surface area (TPSA) is 97.4 Å². The van der Waals surface area contributed by atoms with Gasteiger partial charge in [0.25, 0.3) is 5.91 Å². The molecule has 0 fully saturated rings. The number of pyridine rings is 1. The number of hydrogen-bond donors (Lipinski definition) is 1. The van der Waals surface area contributed by atoms with Crippen LogP contribution in [0.25, 0.3) is 11.1 Å². The van der Waals surface area contributed by atoms with Gasteiger partial charge in [-0.25, -0.2) is 19.4 Å². The summed E-state index contributed by atoms with van der Waals surface area (Å²) in [5, 5.41) is 0. The van der Waals surface area contributed by atoms with E-state index in [1.54, 1.807) is 0 Å². The van der Waals surface area contributed by atoms with E-state index in [-0.39, 0.29) is 28.2 Å². The molecule has 0 saturated heterocycles. The lowest BCUT2D eigenvalue weighted by atomic mass is 9.81. The van der Waals surface area contributed by atoms with Crippen molar-refractivity contribution in [3.8, 4) is 11.1 Å². The van der Waals surface area contributed by atoms with Crippen LogP contribution in [0.1, 0.15) is 16.8 Å². The van der Waals surface area contributed by atoms with Crippen LogP contribution < -0.4 is 5.73 Å². The molecule has 12 heteroatoms. The maximum absolute atomic E-state index is 14.6. The molecular weight excluding hydrogens is 435 g/mol. The number of carbonyl (C=O) groups is 1. The van der Waals surface area contributed by atoms with E-state index in [0.29, 0.717) is 6.07 Å². The van der Waals surface area contributed by atoms with Gasteiger partial charge in [-0.2, -0.15) is 17.6 Å². The van der Waals surface area contributed by atoms with E-state index in [9.17, 15) is 26.7 Å². The van der Waals surface area contributed by atoms with Crippen LogP contribution in [0.3, 0.4) is 0 Å². The fourth-order valence-electron chi connectivity index (χ4n) is 3.42. The van der Waals surface area contributed by atoms with Gasteiger partial charge in [-0.15, -0.1) is 0 Å². The molecule has 0 saturated carbocycles. The first-order valence-corrected chi connectivity index (χ1v) is 8.99. The Kier molecular flexibility index (Phi) is 4.87. The average Bonchev–Trinajstić information content (AvgIpc) is 2.99. The summed E-state index contributed by atoms with van der Waals surface area (Å²) in [6.07, 6.45) is -2.84. The van der Waals surface area contributed by atoms with Gasteiger partial charge in [0, 0.05) is 36.8 Å². The largest absolute Gasteiger partial charge is 0.433 e. The molecule has 7 nitrogen and oxygen atoms in total. The van der Waals surface area contributed by atoms with Crippen LogP contribution in [0.15, 0.2) is 53.9 Å². The Labute approximate surface area is 177 Å². The van der Waals surface area contributed by atoms with Crippen LogP contribution in [-0.2, 0) is 16.5 Å². The third kappa shape index (κ3) is 3.33. The number of nitrogens with two attached hydrogens (primary N) is 1. The second kappa shape index (κ2) is 7.32. The summed E-state index contributed by atoms with van der Waals surface area (Å²) in [6.45, 7) is 0. The summed E-state index contributed by atoms with van der Waals surface area (Å²) in [5.74, 6) is -1.74. The monoisotopic (exact) mass is 448 g/mol. The zero-order valence-electron chi connectivity index (χ0n) is 16.2. The van der Waals surface area contributed by atoms with Crippen molar-refractivity contribution in [3.63, 3.8) is 0 Å². The smallest absolute Gasteiger partial charge is 0.369 e. The van der Waals surface area contributed by atoms with Crippen molar-refractivity contribution in [2.75, 3.05) is 7.05 Å². The third-order valence-corrected chi connectivity index (χ3v) is 5.02. The molecule has 1 atom stereocenters. The molecule has 164 valence electrons. The highest BCUT2D eigenvalue weighted by Crippen LogP contribution is 2.42. The first-order valence-electron chi connectivity index (χ1n) is 8.99. The lowest BCUT2D eigenvalue weighted by molar-refractivity contribution is -0.141. The lowest BCUT2D eigenvalue weighted by Gasteiger charge is -2.27. The van der Waals surface area contributed by atoms with E-state index in [1.807, 2.05) is 0 Å². The minimum Gasteiger partial charge on any atom is -0.369 e. The maximum atomic E-state index is 14.6. The Morgan fingerprint density at radius 2 is 1.66 bits per heavy atom. The normalized spacial score (nSPS) is 18.8. The molecule has 2 N–H and O–H groups in total. The number of alkyl halides is 3. The summed E-state index contributed by atoms with van der Waals surface area (Å²) in [5.41, 5.74) is 2.41. The zero-order chi connectivity index (χ0) is 23.3. The Morgan fingerprint density at radius 3 is 2.25 bits per heavy atom. The number of halogens is 5. The number of amides is 1. The van der Waals surface area contributed by atoms with Gasteiger partial charge < -0.3 is 5.73 Å². The first-order chi connectivity index (χ1) is 15.0. The summed E-state index contributed by atoms with van der Waals surface area (Å²) < 4.78 is 67.5. The summed E-state index contributed by atoms with van der Waals surface area (Å²) in [6, 6.07) is 5.34. The van der Waals surface area contributed by atoms with Crippen molar-refractivity contribution in [3.05, 3.63) is 77.6 Å². The van der Waals surface area contributed by atoms with E-state index < -0.39 is 35.2 Å². The van der Waals surface area contributed by atoms with Gasteiger partial charge in [-0.05, 0) is 35.4 Å². The van der Waals surface area contributed by atoms with Crippen molar-refractivity contribution in [1.82, 2.24) is 19.9 Å². The van der Waals surface area contributed by atoms with E-state index in [4.69, 9.17) is 5.73 Å². The summed E-state index contributed by atoms with van der Waals surface area (Å²) >= 11 is 0. The molecule has 0 bridgehead atoms. The number of likely N-dealkylation sites (N-methyl/N-ethyl adjacent to an activating group) is 1. The lowest BCUT2D eigenvalue weighted by Crippen LogP contribution is -2.41. The summed E-state index contributed by atoms with van der Waals surface area (Å²) in [4.78, 5) is 28.5. The number of carbonyl (C=O) groups excluding carboxylic acids is 1. The van der Waals surface area contributed by atoms with Gasteiger partial charge in [0.05, 0.1) is 0 Å². The number of nitrogens with zero attached hydrogens (tertiary/aromatic N) is 5. The van der Waals surface area contributed by atoms with Gasteiger partial charge in [0.2, 0.25) is 0 Å². The SMILES string of the molecule is CN1C(=O)C(c2ccnc(C(F)(F)F)c2)(c2ccc(F)c(-c3cnc(F)nc3)c2)N=C1N. The Balaban J connectivity index is 1.97. The second-order valence-electron chi connectivity index (χ2n) is 6.91. The highest BCUT2D eigenvalue weighted by atomic mass is 19.4. The fraction of sp³-hybridized carbons (Fsp3) is 0.150. The Hall–Kier alpha value is -3.96. The van der Waals surface area contributed by atoms with Gasteiger partial charge in [0.15, 0.2) is 11.5 Å². The van der Waals surface area contributed by atoms with Gasteiger partial charge in [-0.3, -0.25) is 14.7 Å². The van der Waals surface area contributed by atoms with Crippen LogP contribution in [0.5, 0.6) is 0 Å². The predicted molar refractivity (Wildman–Crippen MR) is 102 cm³/mol. The standard InChI is InChI=1S/C20H13F5N6O/c1-31-16(32)19(30-18(31)26,12-4-5-27-15(7-12)20(23,24)25)11-2-3-14(21)13(6-11)10-8-28-17(22)29-9-10/h2-9H,1H3,(H2,26,30). The molecule has 1 amide bonds. The van der Waals surface area contributed by atoms with Crippen molar-refractivity contribution in [2.24, 2.45) is 10.7 Å². The molecule has 1 unspecified atom stereocenters. The average molecular weight is 448 g/mol. The van der Waals surface area contributed by atoms with Crippen molar-refractivity contribution in [1.29, 1.82) is 0 Å². The van der Waals surface area contributed by atoms with E-state index in [1.165, 1.54) is 25.2 Å². The van der Waals surface area contributed by atoms with Gasteiger partial charge >= 0.3 is 12.3 Å². The number of rotatable bonds is 3. The minimum absolute atomic E-state index is 0.0369. The van der Waals surface area contributed by atoms with Crippen LogP contribution in [0.4, 0.5) is 22.0 Å². The maximum Gasteiger partial charge on any atom is 0.433 e. The van der Waals surface area contributed by atoms with Crippen molar-refractivity contribution in [2.45, 2.75) is 11.7 Å². The van der Waals surface area contributed by atoms with Gasteiger partial charge in [-0.1, -0.05) is 6.07 Å². The highest BCUT2D eigenvalue weighted by Gasteiger charge is 2.50. The molecule has 0 spiro atoms. The second-order valence-corrected chi connectivity index (χ2v) is 6.91. The molecular formula is C20H13F5N6O. The van der Waals surface area contributed by atoms with Crippen LogP contribution in [0, 0.1) is 11.9 Å². The molecule has 1 aliphatic rings. The zero-order valence-corrected chi connectivity index (χ0v) is 16.2. The van der Waals surface area contributed by atoms with E-state index in [0.717, 1.165) is 29.6 Å². The number of aliphatic imine (C=N–C) groups is 1. The molecule has 0 aliphatic carbocycles. The first kappa shape index (κ1) is 21.3. The molecule has 0 radical (unpaired) electrons. The quantitative estimate of drug-likeness (QED) is 0.491. The molecule has 3 aromatic rings. The van der Waals surface area contributed by atoms with Crippen LogP contribution in [0.2, 0.25) is 0 Å². The Morgan fingerprint density at radius 1 is 1.00 bits per heavy atom.